The summed E-state index contributed by atoms with van der Waals surface area (Å²) in [5, 5.41) is 1.97. The van der Waals surface area contributed by atoms with E-state index in [0.717, 1.165) is 0 Å². The minimum absolute atomic E-state index is 0.109. The third-order valence-electron chi connectivity index (χ3n) is 5.81. The molecule has 182 valence electrons. The molecule has 0 saturated carbocycles. The maximum Gasteiger partial charge on any atom is 0.407 e. The van der Waals surface area contributed by atoms with Crippen LogP contribution in [-0.2, 0) is 16.0 Å². The summed E-state index contributed by atoms with van der Waals surface area (Å²) in [6.45, 7) is 6.26. The van der Waals surface area contributed by atoms with Crippen molar-refractivity contribution in [3.63, 3.8) is 0 Å². The van der Waals surface area contributed by atoms with Crippen LogP contribution in [0.25, 0.3) is 0 Å². The SMILES string of the molecule is CC(C)(C)OC(=O)N[C@@H](CC(=O)N1CC[C@H]2CN(C(=O)Cl)C[C@H]21)Cc1cc(F)c(F)cc1F. The van der Waals surface area contributed by atoms with Crippen LogP contribution in [-0.4, -0.2) is 64.5 Å². The number of alkyl carbamates (subject to hydrolysis) is 1. The van der Waals surface area contributed by atoms with Gasteiger partial charge < -0.3 is 19.9 Å². The third kappa shape index (κ3) is 6.31. The first kappa shape index (κ1) is 25.1. The smallest absolute Gasteiger partial charge is 0.407 e. The fourth-order valence-corrected chi connectivity index (χ4v) is 4.51. The molecule has 1 aromatic carbocycles. The van der Waals surface area contributed by atoms with Crippen LogP contribution in [0, 0.1) is 23.4 Å². The third-order valence-corrected chi connectivity index (χ3v) is 6.05. The number of nitrogens with zero attached hydrogens (tertiary/aromatic N) is 2. The highest BCUT2D eigenvalue weighted by Gasteiger charge is 2.44. The van der Waals surface area contributed by atoms with Gasteiger partial charge in [0.1, 0.15) is 11.4 Å². The normalized spacial score (nSPS) is 21.1. The lowest BCUT2D eigenvalue weighted by atomic mass is 10.0. The molecular formula is C22H27ClF3N3O4. The minimum atomic E-state index is -1.33. The minimum Gasteiger partial charge on any atom is -0.444 e. The number of rotatable bonds is 5. The van der Waals surface area contributed by atoms with Gasteiger partial charge in [-0.3, -0.25) is 9.59 Å². The van der Waals surface area contributed by atoms with E-state index in [0.29, 0.717) is 38.2 Å². The van der Waals surface area contributed by atoms with Crippen molar-refractivity contribution in [3.05, 3.63) is 35.1 Å². The molecule has 11 heteroatoms. The predicted octanol–water partition coefficient (Wildman–Crippen LogP) is 3.82. The van der Waals surface area contributed by atoms with Crippen LogP contribution in [0.5, 0.6) is 0 Å². The van der Waals surface area contributed by atoms with Gasteiger partial charge in [0.05, 0.1) is 6.04 Å². The van der Waals surface area contributed by atoms with Gasteiger partial charge in [-0.25, -0.2) is 18.0 Å². The van der Waals surface area contributed by atoms with Gasteiger partial charge >= 0.3 is 11.5 Å². The van der Waals surface area contributed by atoms with Crippen molar-refractivity contribution in [2.75, 3.05) is 19.6 Å². The van der Waals surface area contributed by atoms with Gasteiger partial charge in [-0.1, -0.05) is 0 Å². The molecule has 2 saturated heterocycles. The van der Waals surface area contributed by atoms with Gasteiger partial charge in [-0.05, 0) is 56.8 Å². The van der Waals surface area contributed by atoms with Crippen LogP contribution in [0.3, 0.4) is 0 Å². The topological polar surface area (TPSA) is 79.0 Å². The Labute approximate surface area is 195 Å². The van der Waals surface area contributed by atoms with Crippen molar-refractivity contribution in [2.45, 2.75) is 57.7 Å². The summed E-state index contributed by atoms with van der Waals surface area (Å²) in [7, 11) is 0. The summed E-state index contributed by atoms with van der Waals surface area (Å²) in [5.74, 6) is -3.74. The highest BCUT2D eigenvalue weighted by molar-refractivity contribution is 6.62. The van der Waals surface area contributed by atoms with Gasteiger partial charge in [0.15, 0.2) is 11.6 Å². The molecule has 2 fully saturated rings. The summed E-state index contributed by atoms with van der Waals surface area (Å²) in [4.78, 5) is 40.0. The molecular weight excluding hydrogens is 463 g/mol. The molecule has 3 atom stereocenters. The molecule has 0 unspecified atom stereocenters. The molecule has 1 N–H and O–H groups in total. The molecule has 0 radical (unpaired) electrons. The van der Waals surface area contributed by atoms with E-state index in [1.54, 1.807) is 25.7 Å². The van der Waals surface area contributed by atoms with E-state index in [4.69, 9.17) is 16.3 Å². The summed E-state index contributed by atoms with van der Waals surface area (Å²) in [6.07, 6.45) is -0.570. The Morgan fingerprint density at radius 3 is 2.45 bits per heavy atom. The van der Waals surface area contributed by atoms with Crippen LogP contribution < -0.4 is 5.32 Å². The average Bonchev–Trinajstić information content (AvgIpc) is 3.25. The Hall–Kier alpha value is -2.49. The monoisotopic (exact) mass is 489 g/mol. The lowest BCUT2D eigenvalue weighted by Gasteiger charge is -2.28. The summed E-state index contributed by atoms with van der Waals surface area (Å²) in [6, 6.07) is 0.0182. The number of fused-ring (bicyclic) bond motifs is 1. The van der Waals surface area contributed by atoms with E-state index in [2.05, 4.69) is 5.32 Å². The van der Waals surface area contributed by atoms with Crippen LogP contribution in [0.15, 0.2) is 12.1 Å². The number of halogens is 4. The van der Waals surface area contributed by atoms with Crippen molar-refractivity contribution < 1.29 is 32.3 Å². The molecule has 7 nitrogen and oxygen atoms in total. The van der Waals surface area contributed by atoms with E-state index in [1.165, 1.54) is 4.90 Å². The number of hydrogen-bond donors (Lipinski definition) is 1. The second kappa shape index (κ2) is 9.79. The molecule has 0 bridgehead atoms. The Bertz CT molecular complexity index is 940. The van der Waals surface area contributed by atoms with Crippen LogP contribution in [0.2, 0.25) is 0 Å². The second-order valence-electron chi connectivity index (χ2n) is 9.47. The highest BCUT2D eigenvalue weighted by Crippen LogP contribution is 2.32. The number of ether oxygens (including phenoxy) is 1. The fourth-order valence-electron chi connectivity index (χ4n) is 4.38. The van der Waals surface area contributed by atoms with Gasteiger partial charge in [-0.2, -0.15) is 0 Å². The number of amides is 3. The Balaban J connectivity index is 1.75. The molecule has 3 amide bonds. The van der Waals surface area contributed by atoms with E-state index < -0.39 is 40.6 Å². The van der Waals surface area contributed by atoms with E-state index in [9.17, 15) is 27.6 Å². The zero-order valence-electron chi connectivity index (χ0n) is 18.7. The van der Waals surface area contributed by atoms with Crippen molar-refractivity contribution in [1.29, 1.82) is 0 Å². The number of carbonyl (C=O) groups excluding carboxylic acids is 3. The summed E-state index contributed by atoms with van der Waals surface area (Å²) >= 11 is 5.58. The zero-order valence-corrected chi connectivity index (χ0v) is 19.4. The summed E-state index contributed by atoms with van der Waals surface area (Å²) < 4.78 is 46.5. The molecule has 33 heavy (non-hydrogen) atoms. The van der Waals surface area contributed by atoms with Gasteiger partial charge in [0.25, 0.3) is 0 Å². The fraction of sp³-hybridized carbons (Fsp3) is 0.591. The maximum atomic E-state index is 14.2. The molecule has 0 aliphatic carbocycles. The Kier molecular flexibility index (Phi) is 7.45. The quantitative estimate of drug-likeness (QED) is 0.387. The molecule has 0 spiro atoms. The molecule has 1 aromatic rings. The van der Waals surface area contributed by atoms with Gasteiger partial charge in [0, 0.05) is 44.1 Å². The number of likely N-dealkylation sites (tertiary alicyclic amines) is 2. The molecule has 0 aromatic heterocycles. The van der Waals surface area contributed by atoms with Crippen molar-refractivity contribution >= 4 is 29.0 Å². The standard InChI is InChI=1S/C22H27ClF3N3O4/c1-22(2,3)33-21(32)27-14(6-13-7-16(25)17(26)9-15(13)24)8-19(30)29-5-4-12-10-28(20(23)31)11-18(12)29/h7,9,12,14,18H,4-6,8,10-11H2,1-3H3,(H,27,32)/t12-,14+,18+/m0/s1. The molecule has 3 rings (SSSR count). The number of nitrogens with one attached hydrogen (secondary N) is 1. The van der Waals surface area contributed by atoms with Crippen LogP contribution in [0.1, 0.15) is 39.2 Å². The van der Waals surface area contributed by atoms with E-state index in [-0.39, 0.29) is 36.3 Å². The first-order valence-corrected chi connectivity index (χ1v) is 11.1. The van der Waals surface area contributed by atoms with Crippen molar-refractivity contribution in [1.82, 2.24) is 15.1 Å². The number of benzene rings is 1. The van der Waals surface area contributed by atoms with Gasteiger partial charge in [-0.15, -0.1) is 0 Å². The maximum absolute atomic E-state index is 14.2. The van der Waals surface area contributed by atoms with E-state index in [1.807, 2.05) is 0 Å². The van der Waals surface area contributed by atoms with Gasteiger partial charge in [0.2, 0.25) is 5.91 Å². The van der Waals surface area contributed by atoms with Crippen molar-refractivity contribution in [2.24, 2.45) is 5.92 Å². The Morgan fingerprint density at radius 2 is 1.82 bits per heavy atom. The molecule has 2 aliphatic rings. The Morgan fingerprint density at radius 1 is 1.15 bits per heavy atom. The van der Waals surface area contributed by atoms with E-state index >= 15 is 0 Å². The summed E-state index contributed by atoms with van der Waals surface area (Å²) in [5.41, 5.74) is -0.989. The predicted molar refractivity (Wildman–Crippen MR) is 114 cm³/mol. The number of hydrogen-bond acceptors (Lipinski definition) is 4. The highest BCUT2D eigenvalue weighted by atomic mass is 35.5. The first-order valence-electron chi connectivity index (χ1n) is 10.7. The van der Waals surface area contributed by atoms with Crippen LogP contribution >= 0.6 is 11.6 Å². The largest absolute Gasteiger partial charge is 0.444 e. The lowest BCUT2D eigenvalue weighted by Crippen LogP contribution is -2.46. The molecule has 2 aliphatic heterocycles. The second-order valence-corrected chi connectivity index (χ2v) is 9.79. The average molecular weight is 490 g/mol. The lowest BCUT2D eigenvalue weighted by molar-refractivity contribution is -0.132. The zero-order chi connectivity index (χ0) is 24.5. The first-order chi connectivity index (χ1) is 15.3. The molecule has 2 heterocycles. The number of carbonyl (C=O) groups is 3. The van der Waals surface area contributed by atoms with Crippen LogP contribution in [0.4, 0.5) is 22.8 Å². The van der Waals surface area contributed by atoms with Crippen molar-refractivity contribution in [3.8, 4) is 0 Å².